The van der Waals surface area contributed by atoms with Crippen molar-refractivity contribution in [3.05, 3.63) is 88.0 Å². The summed E-state index contributed by atoms with van der Waals surface area (Å²) in [5, 5.41) is 15.6. The second-order valence-electron chi connectivity index (χ2n) is 7.67. The Hall–Kier alpha value is -4.91. The number of carboxylic acids is 1. The Morgan fingerprint density at radius 1 is 1.08 bits per heavy atom. The van der Waals surface area contributed by atoms with E-state index in [1.165, 1.54) is 13.2 Å². The van der Waals surface area contributed by atoms with Crippen LogP contribution >= 0.6 is 0 Å². The molecule has 0 fully saturated rings. The van der Waals surface area contributed by atoms with Crippen molar-refractivity contribution in [3.63, 3.8) is 0 Å². The number of nitrogens with one attached hydrogen (secondary N) is 1. The number of carbonyl (C=O) groups excluding carboxylic acids is 2. The first kappa shape index (κ1) is 29.3. The van der Waals surface area contributed by atoms with E-state index in [1.54, 1.807) is 31.2 Å². The van der Waals surface area contributed by atoms with Gasteiger partial charge in [-0.05, 0) is 41.8 Å². The molecule has 200 valence electrons. The number of aromatic nitrogens is 4. The van der Waals surface area contributed by atoms with Gasteiger partial charge in [-0.15, -0.1) is 5.10 Å². The fraction of sp³-hybridized carbons (Fsp3) is 0.200. The minimum Gasteiger partial charge on any atom is -0.477 e. The van der Waals surface area contributed by atoms with Crippen LogP contribution in [-0.2, 0) is 17.8 Å². The van der Waals surface area contributed by atoms with Crippen LogP contribution in [0.1, 0.15) is 55.5 Å². The van der Waals surface area contributed by atoms with Gasteiger partial charge in [0, 0.05) is 19.2 Å². The van der Waals surface area contributed by atoms with E-state index in [1.807, 2.05) is 12.1 Å². The Kier molecular flexibility index (Phi) is 9.93. The van der Waals surface area contributed by atoms with Crippen LogP contribution in [0.25, 0.3) is 5.78 Å². The number of fused-ring (bicyclic) bond motifs is 1. The molecule has 4 aromatic rings. The highest BCUT2D eigenvalue weighted by atomic mass is 19.1. The van der Waals surface area contributed by atoms with Crippen molar-refractivity contribution < 1.29 is 28.6 Å². The first-order valence-electron chi connectivity index (χ1n) is 10.8. The number of ether oxygens (including phenoxy) is 1. The highest BCUT2D eigenvalue weighted by Crippen LogP contribution is 2.11. The van der Waals surface area contributed by atoms with Crippen molar-refractivity contribution in [1.29, 1.82) is 0 Å². The molecule has 0 bridgehead atoms. The molecular formula is C25H28FN7O5. The van der Waals surface area contributed by atoms with Gasteiger partial charge in [-0.2, -0.15) is 9.50 Å². The number of nitrogen functional groups attached to an aromatic ring is 1. The lowest BCUT2D eigenvalue weighted by Gasteiger charge is -2.07. The van der Waals surface area contributed by atoms with Crippen LogP contribution in [0.5, 0.6) is 0 Å². The molecule has 0 atom stereocenters. The molecule has 2 heterocycles. The van der Waals surface area contributed by atoms with E-state index < -0.39 is 11.9 Å². The number of amides is 1. The number of rotatable bonds is 6. The monoisotopic (exact) mass is 525 g/mol. The molecule has 2 aromatic carbocycles. The number of carboxylic acid groups (broad SMARTS) is 1. The highest BCUT2D eigenvalue weighted by molar-refractivity contribution is 5.95. The minimum atomic E-state index is -1.31. The zero-order valence-corrected chi connectivity index (χ0v) is 19.9. The summed E-state index contributed by atoms with van der Waals surface area (Å²) in [7, 11) is 1.36. The molecule has 0 aliphatic rings. The van der Waals surface area contributed by atoms with Crippen molar-refractivity contribution >= 4 is 29.6 Å². The van der Waals surface area contributed by atoms with Crippen LogP contribution < -0.4 is 16.8 Å². The first-order chi connectivity index (χ1) is 17.6. The standard InChI is InChI=1S/C15H13FN6O3.C9H11NO2.CH4/c1-7-4-8(2-3-9(7)16)6-18-12(23)10-5-11(13(24)25)22-15(19-10)20-14(17)21-22;1-12-9(11)8-4-2-7(6-10)3-5-8;/h2-5H,6H2,1H3,(H2,17,21)(H,18,23)(H,24,25);2-5H,6,10H2,1H3;1H4. The Morgan fingerprint density at radius 3 is 2.32 bits per heavy atom. The third kappa shape index (κ3) is 7.07. The third-order valence-corrected chi connectivity index (χ3v) is 5.07. The number of aryl methyl sites for hydroxylation is 1. The van der Waals surface area contributed by atoms with Crippen LogP contribution in [-0.4, -0.2) is 49.6 Å². The van der Waals surface area contributed by atoms with E-state index in [9.17, 15) is 23.9 Å². The fourth-order valence-corrected chi connectivity index (χ4v) is 3.14. The summed E-state index contributed by atoms with van der Waals surface area (Å²) in [6, 6.07) is 12.6. The summed E-state index contributed by atoms with van der Waals surface area (Å²) in [5.74, 6) is -2.82. The van der Waals surface area contributed by atoms with E-state index in [0.717, 1.165) is 16.1 Å². The largest absolute Gasteiger partial charge is 0.477 e. The number of halogens is 1. The van der Waals surface area contributed by atoms with Gasteiger partial charge in [-0.3, -0.25) is 4.79 Å². The molecule has 2 aromatic heterocycles. The van der Waals surface area contributed by atoms with Gasteiger partial charge in [0.15, 0.2) is 5.69 Å². The molecule has 1 amide bonds. The molecule has 0 aliphatic heterocycles. The maximum absolute atomic E-state index is 13.3. The number of anilines is 1. The highest BCUT2D eigenvalue weighted by Gasteiger charge is 2.18. The first-order valence-corrected chi connectivity index (χ1v) is 10.8. The summed E-state index contributed by atoms with van der Waals surface area (Å²) in [5.41, 5.74) is 13.1. The molecule has 4 rings (SSSR count). The number of esters is 1. The Bertz CT molecular complexity index is 1450. The second-order valence-corrected chi connectivity index (χ2v) is 7.67. The summed E-state index contributed by atoms with van der Waals surface area (Å²) >= 11 is 0. The smallest absolute Gasteiger partial charge is 0.354 e. The molecule has 38 heavy (non-hydrogen) atoms. The number of nitrogens with zero attached hydrogens (tertiary/aromatic N) is 4. The number of aromatic carboxylic acids is 1. The normalized spacial score (nSPS) is 10.1. The molecule has 0 radical (unpaired) electrons. The van der Waals surface area contributed by atoms with Gasteiger partial charge in [0.2, 0.25) is 5.95 Å². The summed E-state index contributed by atoms with van der Waals surface area (Å²) in [6.07, 6.45) is 0. The zero-order valence-electron chi connectivity index (χ0n) is 19.9. The van der Waals surface area contributed by atoms with Gasteiger partial charge in [0.1, 0.15) is 11.5 Å². The molecule has 0 saturated carbocycles. The SMILES string of the molecule is C.COC(=O)c1ccc(CN)cc1.Cc1cc(CNC(=O)c2cc(C(=O)O)n3nc(N)nc3n2)ccc1F. The van der Waals surface area contributed by atoms with E-state index in [2.05, 4.69) is 25.1 Å². The van der Waals surface area contributed by atoms with Gasteiger partial charge in [0.25, 0.3) is 11.7 Å². The van der Waals surface area contributed by atoms with Crippen molar-refractivity contribution in [2.24, 2.45) is 5.73 Å². The average molecular weight is 526 g/mol. The number of nitrogens with two attached hydrogens (primary N) is 2. The predicted molar refractivity (Wildman–Crippen MR) is 137 cm³/mol. The average Bonchev–Trinajstić information content (AvgIpc) is 3.28. The molecule has 0 spiro atoms. The Labute approximate surface area is 217 Å². The maximum atomic E-state index is 13.3. The third-order valence-electron chi connectivity index (χ3n) is 5.07. The van der Waals surface area contributed by atoms with E-state index >= 15 is 0 Å². The summed E-state index contributed by atoms with van der Waals surface area (Å²) in [4.78, 5) is 42.3. The Balaban J connectivity index is 0.000000330. The summed E-state index contributed by atoms with van der Waals surface area (Å²) in [6.45, 7) is 2.23. The van der Waals surface area contributed by atoms with Gasteiger partial charge < -0.3 is 26.6 Å². The van der Waals surface area contributed by atoms with Crippen LogP contribution in [0.4, 0.5) is 10.3 Å². The van der Waals surface area contributed by atoms with Gasteiger partial charge >= 0.3 is 11.9 Å². The van der Waals surface area contributed by atoms with Crippen LogP contribution in [0.15, 0.2) is 48.5 Å². The number of hydrogen-bond donors (Lipinski definition) is 4. The molecule has 0 saturated heterocycles. The van der Waals surface area contributed by atoms with E-state index in [4.69, 9.17) is 11.5 Å². The predicted octanol–water partition coefficient (Wildman–Crippen LogP) is 2.35. The van der Waals surface area contributed by atoms with Gasteiger partial charge in [-0.1, -0.05) is 31.7 Å². The lowest BCUT2D eigenvalue weighted by molar-refractivity contribution is 0.0599. The quantitative estimate of drug-likeness (QED) is 0.272. The topological polar surface area (TPSA) is 188 Å². The molecule has 12 nitrogen and oxygen atoms in total. The van der Waals surface area contributed by atoms with Crippen molar-refractivity contribution in [1.82, 2.24) is 24.9 Å². The van der Waals surface area contributed by atoms with Crippen LogP contribution in [0, 0.1) is 12.7 Å². The lowest BCUT2D eigenvalue weighted by atomic mass is 10.1. The molecular weight excluding hydrogens is 497 g/mol. The number of hydrogen-bond acceptors (Lipinski definition) is 9. The zero-order chi connectivity index (χ0) is 27.1. The number of benzene rings is 2. The van der Waals surface area contributed by atoms with E-state index in [-0.39, 0.29) is 48.9 Å². The van der Waals surface area contributed by atoms with Gasteiger partial charge in [-0.25, -0.2) is 19.0 Å². The van der Waals surface area contributed by atoms with Crippen molar-refractivity contribution in [2.75, 3.05) is 12.8 Å². The van der Waals surface area contributed by atoms with Crippen LogP contribution in [0.3, 0.4) is 0 Å². The molecule has 13 heteroatoms. The fourth-order valence-electron chi connectivity index (χ4n) is 3.14. The van der Waals surface area contributed by atoms with Crippen LogP contribution in [0.2, 0.25) is 0 Å². The number of methoxy groups -OCH3 is 1. The van der Waals surface area contributed by atoms with Crippen molar-refractivity contribution in [2.45, 2.75) is 27.4 Å². The second kappa shape index (κ2) is 12.9. The maximum Gasteiger partial charge on any atom is 0.354 e. The summed E-state index contributed by atoms with van der Waals surface area (Å²) < 4.78 is 18.7. The molecule has 6 N–H and O–H groups in total. The lowest BCUT2D eigenvalue weighted by Crippen LogP contribution is -2.25. The number of carbonyl (C=O) groups is 3. The molecule has 0 aliphatic carbocycles. The van der Waals surface area contributed by atoms with E-state index in [0.29, 0.717) is 23.2 Å². The molecule has 0 unspecified atom stereocenters. The minimum absolute atomic E-state index is 0. The van der Waals surface area contributed by atoms with Crippen molar-refractivity contribution in [3.8, 4) is 0 Å². The Morgan fingerprint density at radius 2 is 1.74 bits per heavy atom. The van der Waals surface area contributed by atoms with Gasteiger partial charge in [0.05, 0.1) is 12.7 Å².